The molecule has 1 unspecified atom stereocenters. The van der Waals surface area contributed by atoms with Crippen LogP contribution in [0.15, 0.2) is 30.3 Å². The van der Waals surface area contributed by atoms with Gasteiger partial charge in [-0.3, -0.25) is 9.88 Å². The first-order valence-corrected chi connectivity index (χ1v) is 8.08. The van der Waals surface area contributed by atoms with E-state index in [0.717, 1.165) is 30.8 Å². The molecule has 3 rings (SSSR count). The maximum Gasteiger partial charge on any atom is 0.0708 e. The lowest BCUT2D eigenvalue weighted by molar-refractivity contribution is 0.166. The van der Waals surface area contributed by atoms with Gasteiger partial charge in [0.15, 0.2) is 0 Å². The Morgan fingerprint density at radius 1 is 1.33 bits per heavy atom. The molecule has 21 heavy (non-hydrogen) atoms. The van der Waals surface area contributed by atoms with Crippen LogP contribution in [0.3, 0.4) is 0 Å². The Morgan fingerprint density at radius 3 is 2.95 bits per heavy atom. The molecule has 0 aliphatic carbocycles. The second-order valence-corrected chi connectivity index (χ2v) is 6.00. The number of hydrogen-bond donors (Lipinski definition) is 1. The van der Waals surface area contributed by atoms with Crippen molar-refractivity contribution in [3.8, 4) is 0 Å². The van der Waals surface area contributed by atoms with Gasteiger partial charge in [0, 0.05) is 30.2 Å². The van der Waals surface area contributed by atoms with E-state index in [1.54, 1.807) is 0 Å². The van der Waals surface area contributed by atoms with Crippen LogP contribution in [0.1, 0.15) is 31.0 Å². The van der Waals surface area contributed by atoms with Crippen LogP contribution in [0.2, 0.25) is 0 Å². The zero-order valence-electron chi connectivity index (χ0n) is 13.1. The quantitative estimate of drug-likeness (QED) is 0.934. The first kappa shape index (κ1) is 14.5. The maximum atomic E-state index is 4.65. The molecule has 1 saturated heterocycles. The summed E-state index contributed by atoms with van der Waals surface area (Å²) in [6.07, 6.45) is 2.60. The molecular weight excluding hydrogens is 258 g/mol. The Kier molecular flexibility index (Phi) is 4.51. The van der Waals surface area contributed by atoms with Gasteiger partial charge in [-0.05, 0) is 50.6 Å². The largest absolute Gasteiger partial charge is 0.315 e. The number of para-hydroxylation sites is 1. The summed E-state index contributed by atoms with van der Waals surface area (Å²) < 4.78 is 0. The number of aryl methyl sites for hydroxylation is 1. The van der Waals surface area contributed by atoms with Crippen LogP contribution in [-0.2, 0) is 6.54 Å². The van der Waals surface area contributed by atoms with Gasteiger partial charge in [-0.15, -0.1) is 0 Å². The molecule has 2 aromatic rings. The molecule has 2 heterocycles. The van der Waals surface area contributed by atoms with E-state index in [2.05, 4.69) is 59.4 Å². The molecule has 0 spiro atoms. The number of nitrogens with zero attached hydrogens (tertiary/aromatic N) is 2. The van der Waals surface area contributed by atoms with Crippen LogP contribution in [0.25, 0.3) is 10.9 Å². The highest BCUT2D eigenvalue weighted by molar-refractivity contribution is 5.82. The third kappa shape index (κ3) is 3.25. The Bertz CT molecular complexity index is 602. The first-order valence-electron chi connectivity index (χ1n) is 8.08. The first-order chi connectivity index (χ1) is 10.3. The molecule has 1 aromatic carbocycles. The van der Waals surface area contributed by atoms with Crippen molar-refractivity contribution in [3.05, 3.63) is 41.6 Å². The molecule has 1 aliphatic heterocycles. The molecule has 1 aromatic heterocycles. The van der Waals surface area contributed by atoms with Gasteiger partial charge in [0.05, 0.1) is 5.52 Å². The number of benzene rings is 1. The Hall–Kier alpha value is -1.45. The standard InChI is InChI=1S/C18H25N3/c1-3-21(16-7-6-10-19-12-16)13-15-11-14(2)20-18-9-5-4-8-17(15)18/h4-5,8-9,11,16,19H,3,6-7,10,12-13H2,1-2H3. The number of piperidine rings is 1. The predicted molar refractivity (Wildman–Crippen MR) is 88.5 cm³/mol. The summed E-state index contributed by atoms with van der Waals surface area (Å²) in [5.41, 5.74) is 3.64. The van der Waals surface area contributed by atoms with Crippen LogP contribution in [0, 0.1) is 6.92 Å². The van der Waals surface area contributed by atoms with Crippen LogP contribution in [-0.4, -0.2) is 35.6 Å². The van der Waals surface area contributed by atoms with Crippen molar-refractivity contribution in [3.63, 3.8) is 0 Å². The smallest absolute Gasteiger partial charge is 0.0708 e. The summed E-state index contributed by atoms with van der Waals surface area (Å²) >= 11 is 0. The molecule has 1 atom stereocenters. The van der Waals surface area contributed by atoms with Gasteiger partial charge in [0.1, 0.15) is 0 Å². The molecule has 0 radical (unpaired) electrons. The van der Waals surface area contributed by atoms with Gasteiger partial charge in [0.2, 0.25) is 0 Å². The Balaban J connectivity index is 1.88. The minimum atomic E-state index is 0.663. The Morgan fingerprint density at radius 2 is 2.19 bits per heavy atom. The predicted octanol–water partition coefficient (Wildman–Crippen LogP) is 3.12. The number of nitrogens with one attached hydrogen (secondary N) is 1. The second kappa shape index (κ2) is 6.54. The summed E-state index contributed by atoms with van der Waals surface area (Å²) in [6.45, 7) is 8.77. The highest BCUT2D eigenvalue weighted by atomic mass is 15.2. The highest BCUT2D eigenvalue weighted by Crippen LogP contribution is 2.22. The van der Waals surface area contributed by atoms with E-state index < -0.39 is 0 Å². The van der Waals surface area contributed by atoms with Crippen LogP contribution in [0.5, 0.6) is 0 Å². The van der Waals surface area contributed by atoms with Crippen molar-refractivity contribution in [1.29, 1.82) is 0 Å². The number of pyridine rings is 1. The van der Waals surface area contributed by atoms with E-state index in [9.17, 15) is 0 Å². The summed E-state index contributed by atoms with van der Waals surface area (Å²) in [5, 5.41) is 4.83. The van der Waals surface area contributed by atoms with E-state index in [-0.39, 0.29) is 0 Å². The number of aromatic nitrogens is 1. The van der Waals surface area contributed by atoms with Crippen LogP contribution < -0.4 is 5.32 Å². The van der Waals surface area contributed by atoms with Gasteiger partial charge in [0.25, 0.3) is 0 Å². The Labute approximate surface area is 127 Å². The molecule has 1 N–H and O–H groups in total. The summed E-state index contributed by atoms with van der Waals surface area (Å²) in [7, 11) is 0. The molecular formula is C18H25N3. The molecule has 1 aliphatic rings. The third-order valence-corrected chi connectivity index (χ3v) is 4.50. The topological polar surface area (TPSA) is 28.2 Å². The molecule has 0 bridgehead atoms. The van der Waals surface area contributed by atoms with E-state index in [4.69, 9.17) is 0 Å². The maximum absolute atomic E-state index is 4.65. The fourth-order valence-electron chi connectivity index (χ4n) is 3.39. The average Bonchev–Trinajstić information content (AvgIpc) is 2.53. The number of fused-ring (bicyclic) bond motifs is 1. The number of rotatable bonds is 4. The molecule has 0 amide bonds. The molecule has 3 heteroatoms. The van der Waals surface area contributed by atoms with Crippen molar-refractivity contribution >= 4 is 10.9 Å². The second-order valence-electron chi connectivity index (χ2n) is 6.00. The molecule has 1 fully saturated rings. The highest BCUT2D eigenvalue weighted by Gasteiger charge is 2.20. The van der Waals surface area contributed by atoms with E-state index >= 15 is 0 Å². The van der Waals surface area contributed by atoms with Gasteiger partial charge in [-0.2, -0.15) is 0 Å². The lowest BCUT2D eigenvalue weighted by Gasteiger charge is -2.34. The summed E-state index contributed by atoms with van der Waals surface area (Å²) in [5.74, 6) is 0. The SMILES string of the molecule is CCN(Cc1cc(C)nc2ccccc12)C1CCCNC1. The fourth-order valence-corrected chi connectivity index (χ4v) is 3.39. The number of hydrogen-bond acceptors (Lipinski definition) is 3. The monoisotopic (exact) mass is 283 g/mol. The molecule has 112 valence electrons. The minimum absolute atomic E-state index is 0.663. The van der Waals surface area contributed by atoms with Crippen molar-refractivity contribution in [2.45, 2.75) is 39.3 Å². The van der Waals surface area contributed by atoms with Gasteiger partial charge < -0.3 is 5.32 Å². The van der Waals surface area contributed by atoms with Gasteiger partial charge in [-0.25, -0.2) is 0 Å². The molecule has 3 nitrogen and oxygen atoms in total. The normalized spacial score (nSPS) is 19.3. The van der Waals surface area contributed by atoms with Crippen molar-refractivity contribution in [1.82, 2.24) is 15.2 Å². The number of likely N-dealkylation sites (N-methyl/N-ethyl adjacent to an activating group) is 1. The fraction of sp³-hybridized carbons (Fsp3) is 0.500. The molecule has 0 saturated carbocycles. The van der Waals surface area contributed by atoms with Crippen LogP contribution in [0.4, 0.5) is 0 Å². The van der Waals surface area contributed by atoms with E-state index in [1.165, 1.54) is 30.3 Å². The van der Waals surface area contributed by atoms with Crippen molar-refractivity contribution < 1.29 is 0 Å². The summed E-state index contributed by atoms with van der Waals surface area (Å²) in [6, 6.07) is 11.4. The van der Waals surface area contributed by atoms with Crippen molar-refractivity contribution in [2.24, 2.45) is 0 Å². The zero-order chi connectivity index (χ0) is 14.7. The lowest BCUT2D eigenvalue weighted by Crippen LogP contribution is -2.45. The van der Waals surface area contributed by atoms with Gasteiger partial charge >= 0.3 is 0 Å². The minimum Gasteiger partial charge on any atom is -0.315 e. The van der Waals surface area contributed by atoms with Crippen molar-refractivity contribution in [2.75, 3.05) is 19.6 Å². The summed E-state index contributed by atoms with van der Waals surface area (Å²) in [4.78, 5) is 7.26. The van der Waals surface area contributed by atoms with E-state index in [0.29, 0.717) is 6.04 Å². The zero-order valence-corrected chi connectivity index (χ0v) is 13.1. The van der Waals surface area contributed by atoms with Crippen LogP contribution >= 0.6 is 0 Å². The lowest BCUT2D eigenvalue weighted by atomic mass is 10.0. The third-order valence-electron chi connectivity index (χ3n) is 4.50. The van der Waals surface area contributed by atoms with E-state index in [1.807, 2.05) is 0 Å². The average molecular weight is 283 g/mol. The van der Waals surface area contributed by atoms with Gasteiger partial charge in [-0.1, -0.05) is 25.1 Å².